The van der Waals surface area contributed by atoms with Gasteiger partial charge in [-0.2, -0.15) is 13.2 Å². The topological polar surface area (TPSA) is 72.4 Å². The molecule has 0 bridgehead atoms. The molecule has 0 aliphatic carbocycles. The van der Waals surface area contributed by atoms with Gasteiger partial charge in [-0.3, -0.25) is 5.32 Å². The van der Waals surface area contributed by atoms with Gasteiger partial charge >= 0.3 is 6.18 Å². The molecular formula is C5H7F3NO3-. The number of nitrogens with one attached hydrogen (secondary N) is 1. The number of carbonyl (C=O) groups excluding carboxylic acids is 1. The Labute approximate surface area is 66.0 Å². The first-order chi connectivity index (χ1) is 5.25. The van der Waals surface area contributed by atoms with Crippen LogP contribution >= 0.6 is 0 Å². The number of alkyl halides is 3. The maximum Gasteiger partial charge on any atom is 0.427 e. The lowest BCUT2D eigenvalue weighted by Gasteiger charge is -2.21. The number of hydrogen-bond donors (Lipinski definition) is 2. The Morgan fingerprint density at radius 2 is 2.00 bits per heavy atom. The number of hydrogen-bond acceptors (Lipinski definition) is 4. The predicted octanol–water partition coefficient (Wildman–Crippen LogP) is -1.40. The van der Waals surface area contributed by atoms with E-state index in [9.17, 15) is 23.1 Å². The maximum absolute atomic E-state index is 11.5. The van der Waals surface area contributed by atoms with Gasteiger partial charge in [0, 0.05) is 6.04 Å². The van der Waals surface area contributed by atoms with Gasteiger partial charge in [0.2, 0.25) is 6.23 Å². The fourth-order valence-electron chi connectivity index (χ4n) is 0.399. The van der Waals surface area contributed by atoms with Crippen LogP contribution in [0.4, 0.5) is 13.2 Å². The number of aliphatic carboxylic acids is 1. The lowest BCUT2D eigenvalue weighted by Crippen LogP contribution is -2.52. The number of aliphatic hydroxyl groups excluding tert-OH is 1. The van der Waals surface area contributed by atoms with Crippen molar-refractivity contribution in [3.8, 4) is 0 Å². The molecule has 0 spiro atoms. The zero-order chi connectivity index (χ0) is 9.94. The van der Waals surface area contributed by atoms with Gasteiger partial charge in [0.15, 0.2) is 0 Å². The first-order valence-electron chi connectivity index (χ1n) is 2.97. The SMILES string of the molecule is C[C@@H](NC(O)C(F)(F)F)C(=O)[O-]. The maximum atomic E-state index is 11.5. The summed E-state index contributed by atoms with van der Waals surface area (Å²) in [7, 11) is 0. The highest BCUT2D eigenvalue weighted by Gasteiger charge is 2.38. The first-order valence-corrected chi connectivity index (χ1v) is 2.97. The molecule has 0 aliphatic rings. The van der Waals surface area contributed by atoms with E-state index in [1.54, 1.807) is 0 Å². The Morgan fingerprint density at radius 1 is 1.58 bits per heavy atom. The van der Waals surface area contributed by atoms with Gasteiger partial charge in [0.05, 0.1) is 5.97 Å². The molecule has 0 aromatic carbocycles. The van der Waals surface area contributed by atoms with Crippen molar-refractivity contribution in [1.29, 1.82) is 0 Å². The van der Waals surface area contributed by atoms with Crippen molar-refractivity contribution in [2.24, 2.45) is 0 Å². The summed E-state index contributed by atoms with van der Waals surface area (Å²) < 4.78 is 34.6. The largest absolute Gasteiger partial charge is 0.548 e. The molecule has 4 nitrogen and oxygen atoms in total. The van der Waals surface area contributed by atoms with Crippen molar-refractivity contribution in [1.82, 2.24) is 5.32 Å². The number of rotatable bonds is 3. The molecule has 0 fully saturated rings. The van der Waals surface area contributed by atoms with E-state index in [0.29, 0.717) is 0 Å². The van der Waals surface area contributed by atoms with Crippen LogP contribution in [-0.4, -0.2) is 29.5 Å². The zero-order valence-corrected chi connectivity index (χ0v) is 6.05. The molecule has 12 heavy (non-hydrogen) atoms. The molecule has 0 radical (unpaired) electrons. The highest BCUT2D eigenvalue weighted by Crippen LogP contribution is 2.18. The third-order valence-electron chi connectivity index (χ3n) is 1.07. The summed E-state index contributed by atoms with van der Waals surface area (Å²) >= 11 is 0. The summed E-state index contributed by atoms with van der Waals surface area (Å²) in [5, 5.41) is 19.6. The van der Waals surface area contributed by atoms with Gasteiger partial charge in [-0.05, 0) is 6.92 Å². The third-order valence-corrected chi connectivity index (χ3v) is 1.07. The molecule has 0 aliphatic heterocycles. The summed E-state index contributed by atoms with van der Waals surface area (Å²) in [4.78, 5) is 9.91. The third kappa shape index (κ3) is 3.54. The van der Waals surface area contributed by atoms with Gasteiger partial charge < -0.3 is 15.0 Å². The average molecular weight is 186 g/mol. The van der Waals surface area contributed by atoms with E-state index in [2.05, 4.69) is 0 Å². The lowest BCUT2D eigenvalue weighted by atomic mass is 10.3. The minimum Gasteiger partial charge on any atom is -0.548 e. The molecule has 0 saturated heterocycles. The van der Waals surface area contributed by atoms with Gasteiger partial charge in [-0.25, -0.2) is 0 Å². The van der Waals surface area contributed by atoms with E-state index < -0.39 is 24.4 Å². The van der Waals surface area contributed by atoms with Crippen molar-refractivity contribution in [3.05, 3.63) is 0 Å². The lowest BCUT2D eigenvalue weighted by molar-refractivity contribution is -0.310. The monoisotopic (exact) mass is 186 g/mol. The summed E-state index contributed by atoms with van der Waals surface area (Å²) in [6.07, 6.45) is -7.71. The summed E-state index contributed by atoms with van der Waals surface area (Å²) in [6, 6.07) is -1.55. The van der Waals surface area contributed by atoms with E-state index in [-0.39, 0.29) is 0 Å². The van der Waals surface area contributed by atoms with Crippen LogP contribution in [0.1, 0.15) is 6.92 Å². The van der Waals surface area contributed by atoms with E-state index in [1.807, 2.05) is 0 Å². The van der Waals surface area contributed by atoms with E-state index in [1.165, 1.54) is 5.32 Å². The molecule has 72 valence electrons. The molecule has 7 heteroatoms. The molecule has 0 amide bonds. The fraction of sp³-hybridized carbons (Fsp3) is 0.800. The van der Waals surface area contributed by atoms with Crippen LogP contribution in [0.25, 0.3) is 0 Å². The number of aliphatic hydroxyl groups is 1. The van der Waals surface area contributed by atoms with Crippen LogP contribution in [0, 0.1) is 0 Å². The normalized spacial score (nSPS) is 17.1. The Kier molecular flexibility index (Phi) is 3.47. The zero-order valence-electron chi connectivity index (χ0n) is 6.05. The second-order valence-corrected chi connectivity index (χ2v) is 2.15. The predicted molar refractivity (Wildman–Crippen MR) is 29.7 cm³/mol. The molecule has 0 rings (SSSR count). The standard InChI is InChI=1S/C5H8F3NO3/c1-2(3(10)11)9-4(12)5(6,7)8/h2,4,9,12H,1H3,(H,10,11)/p-1/t2-,4?/m1/s1. The van der Waals surface area contributed by atoms with Crippen LogP contribution in [0.15, 0.2) is 0 Å². The minimum absolute atomic E-state index is 0.935. The Hall–Kier alpha value is -0.820. The molecule has 2 N–H and O–H groups in total. The highest BCUT2D eigenvalue weighted by atomic mass is 19.4. The Bertz CT molecular complexity index is 170. The minimum atomic E-state index is -4.87. The number of carbonyl (C=O) groups is 1. The summed E-state index contributed by atoms with van der Waals surface area (Å²) in [5.74, 6) is -1.71. The van der Waals surface area contributed by atoms with Crippen LogP contribution in [0.5, 0.6) is 0 Å². The summed E-state index contributed by atoms with van der Waals surface area (Å²) in [6.45, 7) is 0.935. The smallest absolute Gasteiger partial charge is 0.427 e. The van der Waals surface area contributed by atoms with Crippen molar-refractivity contribution in [2.45, 2.75) is 25.4 Å². The van der Waals surface area contributed by atoms with E-state index >= 15 is 0 Å². The Balaban J connectivity index is 4.01. The number of carboxylic acids is 1. The van der Waals surface area contributed by atoms with Crippen molar-refractivity contribution < 1.29 is 28.2 Å². The van der Waals surface area contributed by atoms with Gasteiger partial charge in [0.1, 0.15) is 0 Å². The van der Waals surface area contributed by atoms with Crippen molar-refractivity contribution in [2.75, 3.05) is 0 Å². The number of halogens is 3. The van der Waals surface area contributed by atoms with Crippen LogP contribution in [0.2, 0.25) is 0 Å². The summed E-state index contributed by atoms with van der Waals surface area (Å²) in [5.41, 5.74) is 0. The first kappa shape index (κ1) is 11.2. The molecule has 2 atom stereocenters. The molecular weight excluding hydrogens is 179 g/mol. The highest BCUT2D eigenvalue weighted by molar-refractivity contribution is 5.70. The molecule has 0 saturated carbocycles. The van der Waals surface area contributed by atoms with Crippen LogP contribution in [-0.2, 0) is 4.79 Å². The van der Waals surface area contributed by atoms with E-state index in [0.717, 1.165) is 6.92 Å². The van der Waals surface area contributed by atoms with Crippen molar-refractivity contribution in [3.63, 3.8) is 0 Å². The second-order valence-electron chi connectivity index (χ2n) is 2.15. The molecule has 0 heterocycles. The number of carboxylic acid groups (broad SMARTS) is 1. The molecule has 1 unspecified atom stereocenters. The van der Waals surface area contributed by atoms with Gasteiger partial charge in [0.25, 0.3) is 0 Å². The fourth-order valence-corrected chi connectivity index (χ4v) is 0.399. The van der Waals surface area contributed by atoms with Crippen LogP contribution < -0.4 is 10.4 Å². The van der Waals surface area contributed by atoms with Gasteiger partial charge in [-0.15, -0.1) is 0 Å². The van der Waals surface area contributed by atoms with E-state index in [4.69, 9.17) is 5.11 Å². The Morgan fingerprint density at radius 3 is 2.25 bits per heavy atom. The average Bonchev–Trinajstić information content (AvgIpc) is 1.85. The van der Waals surface area contributed by atoms with Crippen molar-refractivity contribution >= 4 is 5.97 Å². The quantitative estimate of drug-likeness (QED) is 0.531. The van der Waals surface area contributed by atoms with Crippen LogP contribution in [0.3, 0.4) is 0 Å². The van der Waals surface area contributed by atoms with Gasteiger partial charge in [-0.1, -0.05) is 0 Å². The second kappa shape index (κ2) is 3.72. The molecule has 0 aromatic heterocycles. The molecule has 0 aromatic rings.